The molecule has 2 aliphatic rings. The lowest BCUT2D eigenvalue weighted by Gasteiger charge is -2.56. The number of aromatic nitrogens is 3. The maximum absolute atomic E-state index is 14.4. The summed E-state index contributed by atoms with van der Waals surface area (Å²) in [4.78, 5) is 8.48. The molecular weight excluding hydrogens is 393 g/mol. The summed E-state index contributed by atoms with van der Waals surface area (Å²) in [6, 6.07) is 5.81. The zero-order valence-electron chi connectivity index (χ0n) is 15.5. The van der Waals surface area contributed by atoms with Crippen molar-refractivity contribution in [1.29, 1.82) is 0 Å². The number of benzene rings is 1. The summed E-state index contributed by atoms with van der Waals surface area (Å²) in [6.45, 7) is 3.37. The minimum Gasteiger partial charge on any atom is -0.357 e. The van der Waals surface area contributed by atoms with Gasteiger partial charge in [0.25, 0.3) is 0 Å². The van der Waals surface area contributed by atoms with Gasteiger partial charge in [-0.15, -0.1) is 11.3 Å². The molecule has 0 atom stereocenters. The number of piperidine rings is 1. The maximum atomic E-state index is 14.4. The van der Waals surface area contributed by atoms with Crippen molar-refractivity contribution in [1.82, 2.24) is 20.1 Å². The van der Waals surface area contributed by atoms with E-state index in [2.05, 4.69) is 21.4 Å². The van der Waals surface area contributed by atoms with E-state index in [-0.39, 0.29) is 5.82 Å². The van der Waals surface area contributed by atoms with Crippen LogP contribution in [0.1, 0.15) is 19.3 Å². The zero-order chi connectivity index (χ0) is 18.9. The van der Waals surface area contributed by atoms with Crippen molar-refractivity contribution in [3.63, 3.8) is 0 Å². The smallest absolute Gasteiger partial charge is 0.152 e. The number of nitrogens with zero attached hydrogens (tertiary/aromatic N) is 4. The Bertz CT molecular complexity index is 1170. The summed E-state index contributed by atoms with van der Waals surface area (Å²) in [7, 11) is 1.81. The van der Waals surface area contributed by atoms with E-state index >= 15 is 0 Å². The number of thiazole rings is 1. The van der Waals surface area contributed by atoms with E-state index in [1.54, 1.807) is 33.4 Å². The first-order valence-electron chi connectivity index (χ1n) is 9.63. The first-order chi connectivity index (χ1) is 13.6. The molecule has 144 valence electrons. The third-order valence-electron chi connectivity index (χ3n) is 6.17. The molecule has 0 unspecified atom stereocenters. The van der Waals surface area contributed by atoms with E-state index in [1.807, 2.05) is 19.3 Å². The molecule has 2 aliphatic heterocycles. The Morgan fingerprint density at radius 3 is 2.75 bits per heavy atom. The zero-order valence-corrected chi connectivity index (χ0v) is 17.2. The molecule has 0 saturated carbocycles. The molecule has 28 heavy (non-hydrogen) atoms. The first kappa shape index (κ1) is 16.9. The maximum Gasteiger partial charge on any atom is 0.152 e. The summed E-state index contributed by atoms with van der Waals surface area (Å²) in [5.41, 5.74) is 1.60. The van der Waals surface area contributed by atoms with E-state index in [0.29, 0.717) is 11.1 Å². The molecule has 0 radical (unpaired) electrons. The molecule has 2 fully saturated rings. The van der Waals surface area contributed by atoms with Gasteiger partial charge in [-0.05, 0) is 50.6 Å². The highest BCUT2D eigenvalue weighted by molar-refractivity contribution is 7.30. The van der Waals surface area contributed by atoms with Gasteiger partial charge in [0.2, 0.25) is 0 Å². The lowest BCUT2D eigenvalue weighted by Crippen LogP contribution is -2.63. The largest absolute Gasteiger partial charge is 0.357 e. The summed E-state index contributed by atoms with van der Waals surface area (Å²) >= 11 is 3.42. The Morgan fingerprint density at radius 1 is 1.14 bits per heavy atom. The molecule has 1 spiro atoms. The molecule has 6 rings (SSSR count). The Balaban J connectivity index is 1.35. The van der Waals surface area contributed by atoms with Crippen molar-refractivity contribution in [2.45, 2.75) is 24.8 Å². The van der Waals surface area contributed by atoms with Crippen molar-refractivity contribution < 1.29 is 4.39 Å². The fraction of sp³-hybridized carbons (Fsp3) is 0.400. The minimum atomic E-state index is -0.291. The van der Waals surface area contributed by atoms with Crippen LogP contribution in [0.3, 0.4) is 0 Å². The predicted molar refractivity (Wildman–Crippen MR) is 114 cm³/mol. The summed E-state index contributed by atoms with van der Waals surface area (Å²) in [5, 5.41) is 10.7. The van der Waals surface area contributed by atoms with Crippen LogP contribution in [0.5, 0.6) is 0 Å². The summed E-state index contributed by atoms with van der Waals surface area (Å²) in [5.74, 6) is -0.291. The fourth-order valence-electron chi connectivity index (χ4n) is 4.61. The van der Waals surface area contributed by atoms with Gasteiger partial charge in [-0.3, -0.25) is 4.68 Å². The molecule has 2 saturated heterocycles. The third kappa shape index (κ3) is 2.44. The standard InChI is InChI=1S/C20H20FN5S2/c1-25-11-13-8-12(9-14(21)17(13)24-25)18-23-19-15(27-18)10-16(28-19)26-7-4-20(26)2-5-22-6-3-20/h8-11,22H,2-7H2,1H3. The molecule has 1 aromatic carbocycles. The highest BCUT2D eigenvalue weighted by Gasteiger charge is 2.45. The second kappa shape index (κ2) is 5.98. The van der Waals surface area contributed by atoms with Crippen LogP contribution in [-0.2, 0) is 7.05 Å². The van der Waals surface area contributed by atoms with Gasteiger partial charge < -0.3 is 10.2 Å². The molecular formula is C20H20FN5S2. The second-order valence-corrected chi connectivity index (χ2v) is 9.89. The molecule has 0 aliphatic carbocycles. The Hall–Kier alpha value is -2.03. The van der Waals surface area contributed by atoms with E-state index in [9.17, 15) is 4.39 Å². The SMILES string of the molecule is Cn1cc2cc(-c3nc4sc(N5CCC56CCNCC6)cc4s3)cc(F)c2n1. The number of anilines is 1. The number of fused-ring (bicyclic) bond motifs is 2. The topological polar surface area (TPSA) is 46.0 Å². The van der Waals surface area contributed by atoms with Crippen molar-refractivity contribution >= 4 is 48.1 Å². The summed E-state index contributed by atoms with van der Waals surface area (Å²) < 4.78 is 17.3. The van der Waals surface area contributed by atoms with Gasteiger partial charge in [-0.2, -0.15) is 5.10 Å². The van der Waals surface area contributed by atoms with Crippen LogP contribution in [0.4, 0.5) is 9.39 Å². The number of nitrogens with one attached hydrogen (secondary N) is 1. The number of hydrogen-bond donors (Lipinski definition) is 1. The van der Waals surface area contributed by atoms with Crippen molar-refractivity contribution in [3.05, 3.63) is 30.2 Å². The molecule has 0 amide bonds. The van der Waals surface area contributed by atoms with Crippen LogP contribution in [-0.4, -0.2) is 39.9 Å². The van der Waals surface area contributed by atoms with Crippen LogP contribution in [0.25, 0.3) is 31.0 Å². The molecule has 1 N–H and O–H groups in total. The third-order valence-corrected chi connectivity index (χ3v) is 8.41. The Kier molecular flexibility index (Phi) is 3.61. The highest BCUT2D eigenvalue weighted by atomic mass is 32.1. The number of hydrogen-bond acceptors (Lipinski definition) is 6. The van der Waals surface area contributed by atoms with E-state index in [1.165, 1.54) is 29.0 Å². The van der Waals surface area contributed by atoms with Gasteiger partial charge in [0.05, 0.1) is 9.70 Å². The Morgan fingerprint density at radius 2 is 2.00 bits per heavy atom. The van der Waals surface area contributed by atoms with Gasteiger partial charge in [-0.25, -0.2) is 9.37 Å². The van der Waals surface area contributed by atoms with Crippen molar-refractivity contribution in [2.24, 2.45) is 7.05 Å². The molecule has 3 aromatic heterocycles. The number of halogens is 1. The van der Waals surface area contributed by atoms with Crippen molar-refractivity contribution in [2.75, 3.05) is 24.5 Å². The van der Waals surface area contributed by atoms with Gasteiger partial charge in [0, 0.05) is 36.3 Å². The van der Waals surface area contributed by atoms with Crippen LogP contribution in [0, 0.1) is 5.82 Å². The monoisotopic (exact) mass is 413 g/mol. The summed E-state index contributed by atoms with van der Waals surface area (Å²) in [6.07, 6.45) is 5.59. The van der Waals surface area contributed by atoms with E-state index in [4.69, 9.17) is 4.98 Å². The molecule has 8 heteroatoms. The lowest BCUT2D eigenvalue weighted by atomic mass is 9.77. The molecule has 0 bridgehead atoms. The minimum absolute atomic E-state index is 0.291. The fourth-order valence-corrected chi connectivity index (χ4v) is 6.94. The van der Waals surface area contributed by atoms with Crippen LogP contribution in [0.15, 0.2) is 24.4 Å². The van der Waals surface area contributed by atoms with Crippen LogP contribution >= 0.6 is 22.7 Å². The van der Waals surface area contributed by atoms with Crippen LogP contribution in [0.2, 0.25) is 0 Å². The normalized spacial score (nSPS) is 19.0. The van der Waals surface area contributed by atoms with E-state index < -0.39 is 0 Å². The van der Waals surface area contributed by atoms with E-state index in [0.717, 1.165) is 40.4 Å². The van der Waals surface area contributed by atoms with Gasteiger partial charge in [0.15, 0.2) is 5.82 Å². The molecule has 4 aromatic rings. The Labute approximate surface area is 169 Å². The highest BCUT2D eigenvalue weighted by Crippen LogP contribution is 2.47. The average molecular weight is 414 g/mol. The first-order valence-corrected chi connectivity index (χ1v) is 11.3. The molecule has 5 heterocycles. The van der Waals surface area contributed by atoms with Gasteiger partial charge in [0.1, 0.15) is 15.4 Å². The van der Waals surface area contributed by atoms with Crippen LogP contribution < -0.4 is 10.2 Å². The van der Waals surface area contributed by atoms with Gasteiger partial charge >= 0.3 is 0 Å². The van der Waals surface area contributed by atoms with Gasteiger partial charge in [-0.1, -0.05) is 11.3 Å². The second-order valence-electron chi connectivity index (χ2n) is 7.85. The average Bonchev–Trinajstić information content (AvgIpc) is 3.34. The number of thiophene rings is 1. The number of aryl methyl sites for hydroxylation is 1. The number of rotatable bonds is 2. The quantitative estimate of drug-likeness (QED) is 0.530. The van der Waals surface area contributed by atoms with Crippen molar-refractivity contribution in [3.8, 4) is 10.6 Å². The lowest BCUT2D eigenvalue weighted by molar-refractivity contribution is 0.207. The predicted octanol–water partition coefficient (Wildman–Crippen LogP) is 4.38. The molecule has 5 nitrogen and oxygen atoms in total.